The van der Waals surface area contributed by atoms with Crippen molar-refractivity contribution in [2.45, 2.75) is 44.6 Å². The minimum atomic E-state index is -0.658. The number of ether oxygens (including phenoxy) is 1. The monoisotopic (exact) mass is 419 g/mol. The van der Waals surface area contributed by atoms with Gasteiger partial charge in [0, 0.05) is 5.56 Å². The number of nitrogens with zero attached hydrogens (tertiary/aromatic N) is 4. The summed E-state index contributed by atoms with van der Waals surface area (Å²) in [5.41, 5.74) is 1.12. The molecule has 31 heavy (non-hydrogen) atoms. The van der Waals surface area contributed by atoms with Crippen LogP contribution in [-0.4, -0.2) is 38.7 Å². The van der Waals surface area contributed by atoms with Crippen LogP contribution in [0.5, 0.6) is 0 Å². The van der Waals surface area contributed by atoms with Gasteiger partial charge in [0.05, 0.1) is 17.9 Å². The van der Waals surface area contributed by atoms with Crippen molar-refractivity contribution in [2.75, 3.05) is 6.61 Å². The summed E-state index contributed by atoms with van der Waals surface area (Å²) in [6.45, 7) is 2.09. The zero-order chi connectivity index (χ0) is 21.7. The molecule has 1 aliphatic rings. The third kappa shape index (κ3) is 4.33. The highest BCUT2D eigenvalue weighted by Crippen LogP contribution is 2.37. The van der Waals surface area contributed by atoms with Crippen LogP contribution in [0.4, 0.5) is 0 Å². The lowest BCUT2D eigenvalue weighted by Gasteiger charge is -2.36. The Hall–Kier alpha value is -3.55. The molecule has 160 valence electrons. The molecule has 3 aromatic rings. The Morgan fingerprint density at radius 2 is 1.71 bits per heavy atom. The predicted molar refractivity (Wildman–Crippen MR) is 114 cm³/mol. The Morgan fingerprint density at radius 3 is 2.39 bits per heavy atom. The molecular weight excluding hydrogens is 394 g/mol. The van der Waals surface area contributed by atoms with Crippen LogP contribution in [-0.2, 0) is 10.3 Å². The van der Waals surface area contributed by atoms with E-state index in [1.54, 1.807) is 48.0 Å². The van der Waals surface area contributed by atoms with Crippen molar-refractivity contribution < 1.29 is 14.3 Å². The van der Waals surface area contributed by atoms with Crippen molar-refractivity contribution in [1.29, 1.82) is 0 Å². The average Bonchev–Trinajstić information content (AvgIpc) is 3.31. The molecule has 1 saturated carbocycles. The number of hydrogen-bond acceptors (Lipinski definition) is 6. The van der Waals surface area contributed by atoms with Crippen molar-refractivity contribution >= 4 is 11.9 Å². The highest BCUT2D eigenvalue weighted by atomic mass is 16.5. The minimum absolute atomic E-state index is 0.144. The number of rotatable bonds is 6. The molecule has 0 aliphatic heterocycles. The fourth-order valence-corrected chi connectivity index (χ4v) is 4.05. The van der Waals surface area contributed by atoms with E-state index in [1.807, 2.05) is 18.2 Å². The summed E-state index contributed by atoms with van der Waals surface area (Å²) in [5.74, 6) is 0.0833. The van der Waals surface area contributed by atoms with Gasteiger partial charge in [-0.15, -0.1) is 5.10 Å². The van der Waals surface area contributed by atoms with E-state index in [4.69, 9.17) is 4.74 Å². The Morgan fingerprint density at radius 1 is 1.00 bits per heavy atom. The van der Waals surface area contributed by atoms with E-state index in [0.717, 1.165) is 32.1 Å². The second kappa shape index (κ2) is 9.07. The number of nitrogens with one attached hydrogen (secondary N) is 1. The van der Waals surface area contributed by atoms with Gasteiger partial charge in [-0.05, 0) is 66.6 Å². The predicted octanol–water partition coefficient (Wildman–Crippen LogP) is 3.43. The lowest BCUT2D eigenvalue weighted by atomic mass is 9.80. The van der Waals surface area contributed by atoms with E-state index in [9.17, 15) is 9.59 Å². The molecule has 1 fully saturated rings. The number of hydrogen-bond donors (Lipinski definition) is 1. The number of carbonyl (C=O) groups excluding carboxylic acids is 2. The summed E-state index contributed by atoms with van der Waals surface area (Å²) in [7, 11) is 0. The smallest absolute Gasteiger partial charge is 0.338 e. The number of carbonyl (C=O) groups is 2. The van der Waals surface area contributed by atoms with Crippen LogP contribution in [0.2, 0.25) is 0 Å². The summed E-state index contributed by atoms with van der Waals surface area (Å²) in [6, 6.07) is 16.1. The number of benzene rings is 2. The first-order valence-electron chi connectivity index (χ1n) is 10.6. The maximum absolute atomic E-state index is 13.0. The van der Waals surface area contributed by atoms with Crippen LogP contribution in [0.15, 0.2) is 54.6 Å². The lowest BCUT2D eigenvalue weighted by molar-refractivity contribution is 0.0526. The van der Waals surface area contributed by atoms with E-state index in [1.165, 1.54) is 0 Å². The molecule has 1 aromatic heterocycles. The van der Waals surface area contributed by atoms with Crippen molar-refractivity contribution in [3.63, 3.8) is 0 Å². The Bertz CT molecular complexity index is 1040. The van der Waals surface area contributed by atoms with Crippen LogP contribution >= 0.6 is 0 Å². The molecule has 8 nitrogen and oxygen atoms in total. The molecule has 1 N–H and O–H groups in total. The lowest BCUT2D eigenvalue weighted by Crippen LogP contribution is -2.49. The molecule has 0 atom stereocenters. The van der Waals surface area contributed by atoms with Gasteiger partial charge in [-0.1, -0.05) is 37.5 Å². The van der Waals surface area contributed by atoms with Gasteiger partial charge in [0.2, 0.25) is 0 Å². The van der Waals surface area contributed by atoms with Crippen LogP contribution < -0.4 is 5.32 Å². The number of tetrazole rings is 1. The van der Waals surface area contributed by atoms with Gasteiger partial charge in [-0.2, -0.15) is 4.68 Å². The fourth-order valence-electron chi connectivity index (χ4n) is 4.05. The molecule has 4 rings (SSSR count). The normalized spacial score (nSPS) is 15.3. The maximum atomic E-state index is 13.0. The Balaban J connectivity index is 1.66. The average molecular weight is 419 g/mol. The van der Waals surface area contributed by atoms with Crippen molar-refractivity contribution in [3.05, 3.63) is 71.5 Å². The van der Waals surface area contributed by atoms with E-state index < -0.39 is 5.54 Å². The van der Waals surface area contributed by atoms with Gasteiger partial charge < -0.3 is 10.1 Å². The maximum Gasteiger partial charge on any atom is 0.338 e. The van der Waals surface area contributed by atoms with E-state index >= 15 is 0 Å². The zero-order valence-electron chi connectivity index (χ0n) is 17.5. The van der Waals surface area contributed by atoms with E-state index in [2.05, 4.69) is 20.8 Å². The first-order valence-corrected chi connectivity index (χ1v) is 10.6. The second-order valence-corrected chi connectivity index (χ2v) is 7.64. The second-order valence-electron chi connectivity index (χ2n) is 7.64. The van der Waals surface area contributed by atoms with Crippen LogP contribution in [0.25, 0.3) is 5.69 Å². The van der Waals surface area contributed by atoms with Crippen LogP contribution in [0.3, 0.4) is 0 Å². The van der Waals surface area contributed by atoms with Gasteiger partial charge >= 0.3 is 5.97 Å². The molecule has 8 heteroatoms. The van der Waals surface area contributed by atoms with Crippen molar-refractivity contribution in [3.8, 4) is 5.69 Å². The molecule has 0 spiro atoms. The molecular formula is C23H25N5O3. The Labute approximate surface area is 180 Å². The summed E-state index contributed by atoms with van der Waals surface area (Å²) in [4.78, 5) is 24.9. The van der Waals surface area contributed by atoms with Gasteiger partial charge in [0.1, 0.15) is 5.54 Å². The van der Waals surface area contributed by atoms with Gasteiger partial charge in [-0.3, -0.25) is 4.79 Å². The molecule has 1 amide bonds. The summed E-state index contributed by atoms with van der Waals surface area (Å²) < 4.78 is 6.69. The number of esters is 1. The van der Waals surface area contributed by atoms with Crippen LogP contribution in [0, 0.1) is 0 Å². The summed E-state index contributed by atoms with van der Waals surface area (Å²) in [6.07, 6.45) is 4.58. The molecule has 1 heterocycles. The summed E-state index contributed by atoms with van der Waals surface area (Å²) >= 11 is 0. The minimum Gasteiger partial charge on any atom is -0.462 e. The number of aromatic nitrogens is 4. The van der Waals surface area contributed by atoms with Gasteiger partial charge in [0.25, 0.3) is 5.91 Å². The van der Waals surface area contributed by atoms with Crippen molar-refractivity contribution in [2.24, 2.45) is 0 Å². The van der Waals surface area contributed by atoms with Gasteiger partial charge in [0.15, 0.2) is 5.82 Å². The number of amides is 1. The third-order valence-corrected chi connectivity index (χ3v) is 5.62. The highest BCUT2D eigenvalue weighted by molar-refractivity contribution is 5.94. The molecule has 0 bridgehead atoms. The molecule has 2 aromatic carbocycles. The molecule has 0 unspecified atom stereocenters. The van der Waals surface area contributed by atoms with Crippen LogP contribution in [0.1, 0.15) is 65.6 Å². The van der Waals surface area contributed by atoms with Gasteiger partial charge in [-0.25, -0.2) is 4.79 Å². The van der Waals surface area contributed by atoms with Crippen molar-refractivity contribution in [1.82, 2.24) is 25.5 Å². The Kier molecular flexibility index (Phi) is 6.06. The zero-order valence-corrected chi connectivity index (χ0v) is 17.5. The first-order chi connectivity index (χ1) is 15.1. The fraction of sp³-hybridized carbons (Fsp3) is 0.348. The molecule has 1 aliphatic carbocycles. The third-order valence-electron chi connectivity index (χ3n) is 5.62. The topological polar surface area (TPSA) is 99.0 Å². The van der Waals surface area contributed by atoms with E-state index in [-0.39, 0.29) is 11.9 Å². The molecule has 0 radical (unpaired) electrons. The first kappa shape index (κ1) is 20.7. The quantitative estimate of drug-likeness (QED) is 0.615. The molecule has 0 saturated heterocycles. The SMILES string of the molecule is CCOC(=O)c1ccc(-n2nnnc2C2(NC(=O)c3ccccc3)CCCCC2)cc1. The summed E-state index contributed by atoms with van der Waals surface area (Å²) in [5, 5.41) is 15.6. The highest BCUT2D eigenvalue weighted by Gasteiger charge is 2.40. The van der Waals surface area contributed by atoms with E-state index in [0.29, 0.717) is 29.2 Å². The standard InChI is InChI=1S/C23H25N5O3/c1-2-31-21(30)18-11-13-19(14-12-18)28-22(25-26-27-28)23(15-7-4-8-16-23)24-20(29)17-9-5-3-6-10-17/h3,5-6,9-14H,2,4,7-8,15-16H2,1H3,(H,24,29). The largest absolute Gasteiger partial charge is 0.462 e.